The van der Waals surface area contributed by atoms with Gasteiger partial charge in [0.1, 0.15) is 0 Å². The zero-order valence-corrected chi connectivity index (χ0v) is 10.5. The van der Waals surface area contributed by atoms with E-state index in [0.717, 1.165) is 29.7 Å². The highest BCUT2D eigenvalue weighted by atomic mass is 28.1. The SMILES string of the molecule is N#CCCCCC1([SiH3])CCCCO1. The second-order valence-electron chi connectivity index (χ2n) is 4.12. The summed E-state index contributed by atoms with van der Waals surface area (Å²) in [6.45, 7) is 0.960. The van der Waals surface area contributed by atoms with Crippen LogP contribution in [0, 0.1) is 11.3 Å². The lowest BCUT2D eigenvalue weighted by Crippen LogP contribution is -2.36. The number of nitrogens with zero attached hydrogens (tertiary/aromatic N) is 1. The van der Waals surface area contributed by atoms with Crippen LogP contribution in [0.2, 0.25) is 0 Å². The first-order valence-corrected chi connectivity index (χ1v) is 6.28. The second-order valence-corrected chi connectivity index (χ2v) is 5.94. The molecule has 1 heterocycles. The first kappa shape index (κ1) is 10.7. The van der Waals surface area contributed by atoms with Crippen LogP contribution in [0.5, 0.6) is 0 Å². The van der Waals surface area contributed by atoms with Crippen LogP contribution >= 0.6 is 0 Å². The van der Waals surface area contributed by atoms with Crippen LogP contribution in [0.15, 0.2) is 0 Å². The molecule has 0 aromatic carbocycles. The molecule has 1 atom stereocenters. The largest absolute Gasteiger partial charge is 0.380 e. The maximum Gasteiger partial charge on any atom is 0.0621 e. The molecule has 0 aromatic rings. The summed E-state index contributed by atoms with van der Waals surface area (Å²) in [4.78, 5) is 0. The Balaban J connectivity index is 2.14. The molecule has 74 valence electrons. The Kier molecular flexibility index (Phi) is 4.47. The van der Waals surface area contributed by atoms with Crippen molar-refractivity contribution in [1.29, 1.82) is 5.26 Å². The molecule has 0 aromatic heterocycles. The van der Waals surface area contributed by atoms with E-state index < -0.39 is 0 Å². The quantitative estimate of drug-likeness (QED) is 0.503. The molecule has 1 fully saturated rings. The van der Waals surface area contributed by atoms with Gasteiger partial charge in [-0.15, -0.1) is 0 Å². The molecule has 1 rings (SSSR count). The summed E-state index contributed by atoms with van der Waals surface area (Å²) in [6, 6.07) is 2.19. The number of unbranched alkanes of at least 4 members (excludes halogenated alkanes) is 2. The molecule has 0 aliphatic carbocycles. The predicted octanol–water partition coefficient (Wildman–Crippen LogP) is 1.33. The van der Waals surface area contributed by atoms with Gasteiger partial charge in [0.05, 0.1) is 6.07 Å². The van der Waals surface area contributed by atoms with Crippen molar-refractivity contribution >= 4 is 10.2 Å². The molecule has 1 aliphatic heterocycles. The Hall–Kier alpha value is -0.333. The molecule has 13 heavy (non-hydrogen) atoms. The van der Waals surface area contributed by atoms with E-state index in [2.05, 4.69) is 6.07 Å². The van der Waals surface area contributed by atoms with Crippen molar-refractivity contribution < 1.29 is 4.74 Å². The summed E-state index contributed by atoms with van der Waals surface area (Å²) in [5.41, 5.74) is 0. The first-order valence-electron chi connectivity index (χ1n) is 5.28. The van der Waals surface area contributed by atoms with Crippen LogP contribution in [-0.4, -0.2) is 22.1 Å². The smallest absolute Gasteiger partial charge is 0.0621 e. The van der Waals surface area contributed by atoms with Crippen molar-refractivity contribution in [3.63, 3.8) is 0 Å². The summed E-state index contributed by atoms with van der Waals surface area (Å²) >= 11 is 0. The van der Waals surface area contributed by atoms with E-state index in [9.17, 15) is 0 Å². The zero-order valence-electron chi connectivity index (χ0n) is 8.51. The van der Waals surface area contributed by atoms with E-state index in [-0.39, 0.29) is 5.22 Å². The highest BCUT2D eigenvalue weighted by Crippen LogP contribution is 2.26. The average molecular weight is 197 g/mol. The zero-order chi connectivity index (χ0) is 9.57. The Labute approximate surface area is 83.7 Å². The monoisotopic (exact) mass is 197 g/mol. The second kappa shape index (κ2) is 5.41. The third-order valence-electron chi connectivity index (χ3n) is 2.79. The fourth-order valence-corrected chi connectivity index (χ4v) is 2.80. The predicted molar refractivity (Wildman–Crippen MR) is 56.6 cm³/mol. The van der Waals surface area contributed by atoms with Gasteiger partial charge in [0.2, 0.25) is 0 Å². The van der Waals surface area contributed by atoms with Gasteiger partial charge in [-0.25, -0.2) is 0 Å². The van der Waals surface area contributed by atoms with E-state index in [1.54, 1.807) is 0 Å². The van der Waals surface area contributed by atoms with E-state index in [0.29, 0.717) is 6.42 Å². The van der Waals surface area contributed by atoms with Crippen LogP contribution in [0.1, 0.15) is 44.9 Å². The molecule has 0 spiro atoms. The summed E-state index contributed by atoms with van der Waals surface area (Å²) in [5, 5.41) is 8.65. The lowest BCUT2D eigenvalue weighted by Gasteiger charge is -2.34. The molecular weight excluding hydrogens is 178 g/mol. The Morgan fingerprint density at radius 3 is 2.85 bits per heavy atom. The molecule has 1 unspecified atom stereocenters. The van der Waals surface area contributed by atoms with Gasteiger partial charge in [-0.3, -0.25) is 0 Å². The maximum atomic E-state index is 8.39. The molecule has 0 radical (unpaired) electrons. The minimum Gasteiger partial charge on any atom is -0.380 e. The first-order chi connectivity index (χ1) is 6.27. The number of hydrogen-bond acceptors (Lipinski definition) is 2. The standard InChI is InChI=1S/C10H19NOSi/c11-8-4-1-2-6-10(13)7-3-5-9-12-10/h1-7,9H2,13H3. The third kappa shape index (κ3) is 3.92. The molecule has 0 N–H and O–H groups in total. The van der Waals surface area contributed by atoms with Gasteiger partial charge in [0, 0.05) is 28.5 Å². The van der Waals surface area contributed by atoms with Gasteiger partial charge < -0.3 is 4.74 Å². The summed E-state index contributed by atoms with van der Waals surface area (Å²) in [5.74, 6) is 0. The van der Waals surface area contributed by atoms with Gasteiger partial charge in [-0.2, -0.15) is 5.26 Å². The van der Waals surface area contributed by atoms with Gasteiger partial charge in [-0.1, -0.05) is 0 Å². The Morgan fingerprint density at radius 1 is 1.38 bits per heavy atom. The van der Waals surface area contributed by atoms with Crippen molar-refractivity contribution in [2.45, 2.75) is 50.2 Å². The summed E-state index contributed by atoms with van der Waals surface area (Å²) < 4.78 is 5.82. The minimum atomic E-state index is 0.258. The van der Waals surface area contributed by atoms with Crippen LogP contribution in [0.3, 0.4) is 0 Å². The lowest BCUT2D eigenvalue weighted by atomic mass is 10.0. The van der Waals surface area contributed by atoms with Crippen LogP contribution in [0.4, 0.5) is 0 Å². The fraction of sp³-hybridized carbons (Fsp3) is 0.900. The van der Waals surface area contributed by atoms with Gasteiger partial charge >= 0.3 is 0 Å². The van der Waals surface area contributed by atoms with Crippen LogP contribution < -0.4 is 0 Å². The number of ether oxygens (including phenoxy) is 1. The highest BCUT2D eigenvalue weighted by molar-refractivity contribution is 6.14. The molecule has 3 heteroatoms. The molecule has 2 nitrogen and oxygen atoms in total. The lowest BCUT2D eigenvalue weighted by molar-refractivity contribution is -0.0238. The summed E-state index contributed by atoms with van der Waals surface area (Å²) in [7, 11) is 1.14. The van der Waals surface area contributed by atoms with E-state index >= 15 is 0 Å². The van der Waals surface area contributed by atoms with Crippen molar-refractivity contribution in [2.24, 2.45) is 0 Å². The number of rotatable bonds is 4. The molecule has 0 bridgehead atoms. The van der Waals surface area contributed by atoms with Gasteiger partial charge in [-0.05, 0) is 38.5 Å². The van der Waals surface area contributed by atoms with Gasteiger partial charge in [0.15, 0.2) is 0 Å². The minimum absolute atomic E-state index is 0.258. The molecule has 0 saturated carbocycles. The highest BCUT2D eigenvalue weighted by Gasteiger charge is 2.26. The Bertz CT molecular complexity index is 182. The van der Waals surface area contributed by atoms with Gasteiger partial charge in [0.25, 0.3) is 0 Å². The molecular formula is C10H19NOSi. The molecule has 0 amide bonds. The average Bonchev–Trinajstić information content (AvgIpc) is 2.14. The molecule has 1 aliphatic rings. The van der Waals surface area contributed by atoms with Crippen molar-refractivity contribution in [3.8, 4) is 6.07 Å². The summed E-state index contributed by atoms with van der Waals surface area (Å²) in [6.07, 6.45) is 7.93. The normalized spacial score (nSPS) is 28.5. The van der Waals surface area contributed by atoms with E-state index in [4.69, 9.17) is 10.00 Å². The van der Waals surface area contributed by atoms with Crippen molar-refractivity contribution in [2.75, 3.05) is 6.61 Å². The van der Waals surface area contributed by atoms with E-state index in [1.807, 2.05) is 0 Å². The number of hydrogen-bond donors (Lipinski definition) is 0. The topological polar surface area (TPSA) is 33.0 Å². The van der Waals surface area contributed by atoms with Crippen LogP contribution in [0.25, 0.3) is 0 Å². The third-order valence-corrected chi connectivity index (χ3v) is 4.08. The van der Waals surface area contributed by atoms with Crippen molar-refractivity contribution in [1.82, 2.24) is 0 Å². The number of nitriles is 1. The van der Waals surface area contributed by atoms with E-state index in [1.165, 1.54) is 25.7 Å². The van der Waals surface area contributed by atoms with Crippen molar-refractivity contribution in [3.05, 3.63) is 0 Å². The fourth-order valence-electron chi connectivity index (χ4n) is 1.89. The molecule has 1 saturated heterocycles. The maximum absolute atomic E-state index is 8.39. The Morgan fingerprint density at radius 2 is 2.23 bits per heavy atom. The van der Waals surface area contributed by atoms with Crippen LogP contribution in [-0.2, 0) is 4.74 Å².